The van der Waals surface area contributed by atoms with Crippen molar-refractivity contribution >= 4 is 0 Å². The molecular weight excluding hydrogens is 246 g/mol. The highest BCUT2D eigenvalue weighted by Gasteiger charge is 2.40. The predicted molar refractivity (Wildman–Crippen MR) is 86.9 cm³/mol. The second kappa shape index (κ2) is 7.24. The Morgan fingerprint density at radius 1 is 1.10 bits per heavy atom. The molecule has 0 bridgehead atoms. The van der Waals surface area contributed by atoms with Crippen LogP contribution in [0.15, 0.2) is 0 Å². The van der Waals surface area contributed by atoms with Crippen LogP contribution in [0.3, 0.4) is 0 Å². The first-order chi connectivity index (χ1) is 9.61. The summed E-state index contributed by atoms with van der Waals surface area (Å²) in [6.07, 6.45) is 8.08. The standard InChI is InChI=1S/C17H35N3/c1-4-5-16-6-10-20(11-7-16)17(14-18)8-12-19(13-9-17)15(2)3/h15-16H,4-14,18H2,1-3H3. The molecule has 2 heterocycles. The molecule has 3 heteroatoms. The van der Waals surface area contributed by atoms with E-state index in [1.165, 1.54) is 64.7 Å². The zero-order chi connectivity index (χ0) is 14.6. The van der Waals surface area contributed by atoms with Crippen LogP contribution >= 0.6 is 0 Å². The SMILES string of the molecule is CCCC1CCN(C2(CN)CCN(C(C)C)CC2)CC1. The van der Waals surface area contributed by atoms with E-state index >= 15 is 0 Å². The molecule has 0 aromatic carbocycles. The maximum atomic E-state index is 6.22. The normalized spacial score (nSPS) is 26.2. The molecule has 2 N–H and O–H groups in total. The molecule has 2 rings (SSSR count). The van der Waals surface area contributed by atoms with E-state index in [-0.39, 0.29) is 0 Å². The maximum absolute atomic E-state index is 6.22. The van der Waals surface area contributed by atoms with Crippen LogP contribution in [0, 0.1) is 5.92 Å². The van der Waals surface area contributed by atoms with Crippen LogP contribution in [-0.2, 0) is 0 Å². The van der Waals surface area contributed by atoms with Crippen molar-refractivity contribution in [2.24, 2.45) is 11.7 Å². The molecular formula is C17H35N3. The molecule has 118 valence electrons. The molecule has 0 aromatic rings. The summed E-state index contributed by atoms with van der Waals surface area (Å²) < 4.78 is 0. The summed E-state index contributed by atoms with van der Waals surface area (Å²) in [6, 6.07) is 0.682. The lowest BCUT2D eigenvalue weighted by Gasteiger charge is -2.51. The molecule has 2 aliphatic heterocycles. The van der Waals surface area contributed by atoms with E-state index < -0.39 is 0 Å². The smallest absolute Gasteiger partial charge is 0.0356 e. The summed E-state index contributed by atoms with van der Waals surface area (Å²) in [5.74, 6) is 0.974. The van der Waals surface area contributed by atoms with E-state index in [4.69, 9.17) is 5.73 Å². The van der Waals surface area contributed by atoms with Crippen molar-refractivity contribution in [1.82, 2.24) is 9.80 Å². The number of hydrogen-bond donors (Lipinski definition) is 1. The van der Waals surface area contributed by atoms with Gasteiger partial charge in [0, 0.05) is 31.2 Å². The molecule has 0 atom stereocenters. The fourth-order valence-electron chi connectivity index (χ4n) is 4.21. The van der Waals surface area contributed by atoms with Crippen molar-refractivity contribution in [2.75, 3.05) is 32.7 Å². The Bertz CT molecular complexity index is 274. The van der Waals surface area contributed by atoms with Crippen molar-refractivity contribution in [2.45, 2.75) is 70.9 Å². The number of likely N-dealkylation sites (tertiary alicyclic amines) is 2. The molecule has 0 saturated carbocycles. The summed E-state index contributed by atoms with van der Waals surface area (Å²) in [4.78, 5) is 5.36. The van der Waals surface area contributed by atoms with Gasteiger partial charge in [-0.3, -0.25) is 4.90 Å². The average molecular weight is 281 g/mol. The molecule has 0 aliphatic carbocycles. The largest absolute Gasteiger partial charge is 0.329 e. The lowest BCUT2D eigenvalue weighted by atomic mass is 9.82. The Labute approximate surface area is 125 Å². The van der Waals surface area contributed by atoms with Gasteiger partial charge in [-0.25, -0.2) is 0 Å². The lowest BCUT2D eigenvalue weighted by molar-refractivity contribution is -0.00304. The molecule has 2 saturated heterocycles. The molecule has 0 spiro atoms. The first-order valence-corrected chi connectivity index (χ1v) is 8.80. The van der Waals surface area contributed by atoms with Gasteiger partial charge in [-0.15, -0.1) is 0 Å². The highest BCUT2D eigenvalue weighted by molar-refractivity contribution is 4.98. The van der Waals surface area contributed by atoms with Crippen LogP contribution in [0.2, 0.25) is 0 Å². The zero-order valence-electron chi connectivity index (χ0n) is 13.9. The number of nitrogens with two attached hydrogens (primary N) is 1. The lowest BCUT2D eigenvalue weighted by Crippen LogP contribution is -2.61. The number of hydrogen-bond acceptors (Lipinski definition) is 3. The van der Waals surface area contributed by atoms with Crippen molar-refractivity contribution in [3.05, 3.63) is 0 Å². The van der Waals surface area contributed by atoms with Crippen LogP contribution < -0.4 is 5.73 Å². The van der Waals surface area contributed by atoms with E-state index in [0.29, 0.717) is 11.6 Å². The predicted octanol–water partition coefficient (Wildman–Crippen LogP) is 2.70. The van der Waals surface area contributed by atoms with Gasteiger partial charge in [-0.1, -0.05) is 19.8 Å². The van der Waals surface area contributed by atoms with E-state index in [2.05, 4.69) is 30.6 Å². The topological polar surface area (TPSA) is 32.5 Å². The van der Waals surface area contributed by atoms with Crippen LogP contribution in [0.1, 0.15) is 59.3 Å². The minimum absolute atomic E-state index is 0.308. The minimum Gasteiger partial charge on any atom is -0.329 e. The van der Waals surface area contributed by atoms with Crippen LogP contribution in [0.4, 0.5) is 0 Å². The summed E-state index contributed by atoms with van der Waals surface area (Å²) in [6.45, 7) is 12.8. The molecule has 2 fully saturated rings. The first-order valence-electron chi connectivity index (χ1n) is 8.80. The van der Waals surface area contributed by atoms with Crippen LogP contribution in [0.25, 0.3) is 0 Å². The molecule has 0 unspecified atom stereocenters. The highest BCUT2D eigenvalue weighted by Crippen LogP contribution is 2.33. The molecule has 3 nitrogen and oxygen atoms in total. The fourth-order valence-corrected chi connectivity index (χ4v) is 4.21. The van der Waals surface area contributed by atoms with Gasteiger partial charge in [-0.2, -0.15) is 0 Å². The summed E-state index contributed by atoms with van der Waals surface area (Å²) >= 11 is 0. The van der Waals surface area contributed by atoms with E-state index in [1.54, 1.807) is 0 Å². The van der Waals surface area contributed by atoms with E-state index in [9.17, 15) is 0 Å². The second-order valence-electron chi connectivity index (χ2n) is 7.28. The number of rotatable bonds is 5. The second-order valence-corrected chi connectivity index (χ2v) is 7.28. The monoisotopic (exact) mass is 281 g/mol. The van der Waals surface area contributed by atoms with Crippen molar-refractivity contribution in [1.29, 1.82) is 0 Å². The average Bonchev–Trinajstić information content (AvgIpc) is 2.48. The van der Waals surface area contributed by atoms with Gasteiger partial charge in [0.2, 0.25) is 0 Å². The van der Waals surface area contributed by atoms with Gasteiger partial charge in [-0.05, 0) is 58.5 Å². The molecule has 0 aromatic heterocycles. The van der Waals surface area contributed by atoms with Crippen LogP contribution in [0.5, 0.6) is 0 Å². The maximum Gasteiger partial charge on any atom is 0.0356 e. The Balaban J connectivity index is 1.89. The summed E-state index contributed by atoms with van der Waals surface area (Å²) in [5, 5.41) is 0. The van der Waals surface area contributed by atoms with Crippen LogP contribution in [-0.4, -0.2) is 54.1 Å². The molecule has 0 radical (unpaired) electrons. The van der Waals surface area contributed by atoms with Gasteiger partial charge >= 0.3 is 0 Å². The van der Waals surface area contributed by atoms with Crippen molar-refractivity contribution in [3.8, 4) is 0 Å². The Hall–Kier alpha value is -0.120. The third-order valence-electron chi connectivity index (χ3n) is 5.82. The summed E-state index contributed by atoms with van der Waals surface area (Å²) in [7, 11) is 0. The highest BCUT2D eigenvalue weighted by atomic mass is 15.3. The minimum atomic E-state index is 0.308. The Morgan fingerprint density at radius 3 is 2.15 bits per heavy atom. The fraction of sp³-hybridized carbons (Fsp3) is 1.00. The Morgan fingerprint density at radius 2 is 1.70 bits per heavy atom. The quantitative estimate of drug-likeness (QED) is 0.841. The van der Waals surface area contributed by atoms with Gasteiger partial charge in [0.25, 0.3) is 0 Å². The van der Waals surface area contributed by atoms with Crippen molar-refractivity contribution in [3.63, 3.8) is 0 Å². The zero-order valence-corrected chi connectivity index (χ0v) is 13.9. The van der Waals surface area contributed by atoms with E-state index in [1.807, 2.05) is 0 Å². The van der Waals surface area contributed by atoms with Gasteiger partial charge in [0.05, 0.1) is 0 Å². The van der Waals surface area contributed by atoms with Gasteiger partial charge in [0.1, 0.15) is 0 Å². The number of piperidine rings is 2. The van der Waals surface area contributed by atoms with E-state index in [0.717, 1.165) is 12.5 Å². The molecule has 2 aliphatic rings. The van der Waals surface area contributed by atoms with Crippen molar-refractivity contribution < 1.29 is 0 Å². The molecule has 0 amide bonds. The third-order valence-corrected chi connectivity index (χ3v) is 5.82. The Kier molecular flexibility index (Phi) is 5.88. The first kappa shape index (κ1) is 16.3. The summed E-state index contributed by atoms with van der Waals surface area (Å²) in [5.41, 5.74) is 6.53. The van der Waals surface area contributed by atoms with Gasteiger partial charge < -0.3 is 10.6 Å². The number of nitrogens with zero attached hydrogens (tertiary/aromatic N) is 2. The molecule has 20 heavy (non-hydrogen) atoms. The van der Waals surface area contributed by atoms with Gasteiger partial charge in [0.15, 0.2) is 0 Å². The third kappa shape index (κ3) is 3.55.